The van der Waals surface area contributed by atoms with E-state index in [1.54, 1.807) is 25.1 Å². The molecule has 0 saturated carbocycles. The van der Waals surface area contributed by atoms with E-state index in [1.807, 2.05) is 0 Å². The first kappa shape index (κ1) is 14.8. The molecule has 0 amide bonds. The van der Waals surface area contributed by atoms with Crippen LogP contribution in [0.3, 0.4) is 0 Å². The van der Waals surface area contributed by atoms with Crippen molar-refractivity contribution in [2.24, 2.45) is 0 Å². The summed E-state index contributed by atoms with van der Waals surface area (Å²) in [6, 6.07) is 4.96. The number of carbonyl (C=O) groups is 2. The van der Waals surface area contributed by atoms with Gasteiger partial charge in [0.1, 0.15) is 0 Å². The van der Waals surface area contributed by atoms with Crippen molar-refractivity contribution in [1.29, 1.82) is 0 Å². The van der Waals surface area contributed by atoms with Crippen molar-refractivity contribution in [3.05, 3.63) is 23.8 Å². The van der Waals surface area contributed by atoms with E-state index in [2.05, 4.69) is 0 Å². The van der Waals surface area contributed by atoms with Crippen LogP contribution in [0.15, 0.2) is 18.2 Å². The number of carboxylic acid groups (broad SMARTS) is 2. The SMILES string of the molecule is CCOc1cc(CCC(=O)O)ccc1OCC(=O)O. The van der Waals surface area contributed by atoms with Crippen LogP contribution < -0.4 is 9.47 Å². The maximum Gasteiger partial charge on any atom is 0.341 e. The smallest absolute Gasteiger partial charge is 0.341 e. The molecule has 2 N–H and O–H groups in total. The minimum Gasteiger partial charge on any atom is -0.490 e. The summed E-state index contributed by atoms with van der Waals surface area (Å²) in [6.07, 6.45) is 0.412. The third-order valence-corrected chi connectivity index (χ3v) is 2.29. The van der Waals surface area contributed by atoms with Crippen molar-refractivity contribution in [3.63, 3.8) is 0 Å². The van der Waals surface area contributed by atoms with Crippen molar-refractivity contribution in [1.82, 2.24) is 0 Å². The number of ether oxygens (including phenoxy) is 2. The number of rotatable bonds is 8. The molecule has 0 saturated heterocycles. The number of hydrogen-bond acceptors (Lipinski definition) is 4. The summed E-state index contributed by atoms with van der Waals surface area (Å²) in [7, 11) is 0. The monoisotopic (exact) mass is 268 g/mol. The first-order valence-corrected chi connectivity index (χ1v) is 5.85. The highest BCUT2D eigenvalue weighted by Gasteiger charge is 2.09. The predicted octanol–water partition coefficient (Wildman–Crippen LogP) is 1.57. The molecule has 6 heteroatoms. The third kappa shape index (κ3) is 5.29. The highest BCUT2D eigenvalue weighted by atomic mass is 16.5. The lowest BCUT2D eigenvalue weighted by atomic mass is 10.1. The molecule has 6 nitrogen and oxygen atoms in total. The molecule has 0 atom stereocenters. The van der Waals surface area contributed by atoms with Gasteiger partial charge in [-0.25, -0.2) is 4.79 Å². The second-order valence-corrected chi connectivity index (χ2v) is 3.79. The standard InChI is InChI=1S/C13H16O6/c1-2-18-11-7-9(4-6-12(14)15)3-5-10(11)19-8-13(16)17/h3,5,7H,2,4,6,8H2,1H3,(H,14,15)(H,16,17). The van der Waals surface area contributed by atoms with Gasteiger partial charge in [0.15, 0.2) is 18.1 Å². The van der Waals surface area contributed by atoms with Gasteiger partial charge in [-0.15, -0.1) is 0 Å². The maximum atomic E-state index is 10.5. The molecule has 0 radical (unpaired) electrons. The molecule has 1 aromatic carbocycles. The molecular weight excluding hydrogens is 252 g/mol. The Morgan fingerprint density at radius 3 is 2.42 bits per heavy atom. The van der Waals surface area contributed by atoms with Crippen LogP contribution in [-0.2, 0) is 16.0 Å². The van der Waals surface area contributed by atoms with Gasteiger partial charge in [0.05, 0.1) is 6.61 Å². The summed E-state index contributed by atoms with van der Waals surface area (Å²) in [5, 5.41) is 17.2. The average molecular weight is 268 g/mol. The normalized spacial score (nSPS) is 9.95. The summed E-state index contributed by atoms with van der Waals surface area (Å²) in [5.41, 5.74) is 0.800. The molecule has 19 heavy (non-hydrogen) atoms. The Kier molecular flexibility index (Phi) is 5.66. The fourth-order valence-electron chi connectivity index (χ4n) is 1.49. The number of benzene rings is 1. The molecule has 0 aliphatic carbocycles. The molecule has 1 aromatic rings. The van der Waals surface area contributed by atoms with Crippen LogP contribution in [0.25, 0.3) is 0 Å². The highest BCUT2D eigenvalue weighted by Crippen LogP contribution is 2.29. The highest BCUT2D eigenvalue weighted by molar-refractivity contribution is 5.68. The van der Waals surface area contributed by atoms with Gasteiger partial charge in [-0.1, -0.05) is 6.07 Å². The van der Waals surface area contributed by atoms with Gasteiger partial charge in [0.25, 0.3) is 0 Å². The van der Waals surface area contributed by atoms with Crippen LogP contribution in [-0.4, -0.2) is 35.4 Å². The van der Waals surface area contributed by atoms with E-state index in [1.165, 1.54) is 0 Å². The van der Waals surface area contributed by atoms with E-state index in [0.29, 0.717) is 24.5 Å². The number of carboxylic acids is 2. The Morgan fingerprint density at radius 2 is 1.84 bits per heavy atom. The van der Waals surface area contributed by atoms with Crippen molar-refractivity contribution in [3.8, 4) is 11.5 Å². The van der Waals surface area contributed by atoms with Crippen molar-refractivity contribution >= 4 is 11.9 Å². The minimum absolute atomic E-state index is 0.0287. The van der Waals surface area contributed by atoms with Crippen molar-refractivity contribution < 1.29 is 29.3 Å². The van der Waals surface area contributed by atoms with Crippen LogP contribution in [0.5, 0.6) is 11.5 Å². The molecule has 0 aromatic heterocycles. The Balaban J connectivity index is 2.80. The molecule has 1 rings (SSSR count). The first-order chi connectivity index (χ1) is 9.02. The summed E-state index contributed by atoms with van der Waals surface area (Å²) >= 11 is 0. The van der Waals surface area contributed by atoms with Crippen LogP contribution in [0.2, 0.25) is 0 Å². The quantitative estimate of drug-likeness (QED) is 0.743. The minimum atomic E-state index is -1.07. The number of aryl methyl sites for hydroxylation is 1. The molecule has 0 aliphatic rings. The summed E-state index contributed by atoms with van der Waals surface area (Å²) in [6.45, 7) is 1.76. The maximum absolute atomic E-state index is 10.5. The van der Waals surface area contributed by atoms with Gasteiger partial charge in [0.2, 0.25) is 0 Å². The second kappa shape index (κ2) is 7.25. The van der Waals surface area contributed by atoms with E-state index >= 15 is 0 Å². The van der Waals surface area contributed by atoms with Crippen LogP contribution in [0.4, 0.5) is 0 Å². The Morgan fingerprint density at radius 1 is 1.11 bits per heavy atom. The van der Waals surface area contributed by atoms with Crippen LogP contribution in [0, 0.1) is 0 Å². The zero-order chi connectivity index (χ0) is 14.3. The largest absolute Gasteiger partial charge is 0.490 e. The fourth-order valence-corrected chi connectivity index (χ4v) is 1.49. The van der Waals surface area contributed by atoms with Crippen molar-refractivity contribution in [2.45, 2.75) is 19.8 Å². The summed E-state index contributed by atoms with van der Waals surface area (Å²) < 4.78 is 10.4. The van der Waals surface area contributed by atoms with Gasteiger partial charge in [-0.3, -0.25) is 4.79 Å². The van der Waals surface area contributed by atoms with E-state index < -0.39 is 18.5 Å². The first-order valence-electron chi connectivity index (χ1n) is 5.85. The second-order valence-electron chi connectivity index (χ2n) is 3.79. The topological polar surface area (TPSA) is 93.1 Å². The summed E-state index contributed by atoms with van der Waals surface area (Å²) in [5.74, 6) is -1.18. The van der Waals surface area contributed by atoms with E-state index in [9.17, 15) is 9.59 Å². The van der Waals surface area contributed by atoms with Crippen molar-refractivity contribution in [2.75, 3.05) is 13.2 Å². The lowest BCUT2D eigenvalue weighted by Gasteiger charge is -2.12. The fraction of sp³-hybridized carbons (Fsp3) is 0.385. The third-order valence-electron chi connectivity index (χ3n) is 2.29. The Hall–Kier alpha value is -2.24. The van der Waals surface area contributed by atoms with E-state index in [-0.39, 0.29) is 6.42 Å². The van der Waals surface area contributed by atoms with Gasteiger partial charge in [-0.2, -0.15) is 0 Å². The summed E-state index contributed by atoms with van der Waals surface area (Å²) in [4.78, 5) is 21.0. The molecule has 0 fully saturated rings. The average Bonchev–Trinajstić information content (AvgIpc) is 2.35. The lowest BCUT2D eigenvalue weighted by Crippen LogP contribution is -2.10. The van der Waals surface area contributed by atoms with Gasteiger partial charge >= 0.3 is 11.9 Å². The molecular formula is C13H16O6. The number of aliphatic carboxylic acids is 2. The Labute approximate surface area is 110 Å². The molecule has 0 spiro atoms. The lowest BCUT2D eigenvalue weighted by molar-refractivity contribution is -0.139. The predicted molar refractivity (Wildman–Crippen MR) is 66.7 cm³/mol. The van der Waals surface area contributed by atoms with Gasteiger partial charge in [0, 0.05) is 6.42 Å². The number of hydrogen-bond donors (Lipinski definition) is 2. The van der Waals surface area contributed by atoms with Gasteiger partial charge < -0.3 is 19.7 Å². The molecule has 0 unspecified atom stereocenters. The van der Waals surface area contributed by atoms with E-state index in [4.69, 9.17) is 19.7 Å². The molecule has 0 bridgehead atoms. The zero-order valence-electron chi connectivity index (χ0n) is 10.6. The Bertz CT molecular complexity index is 454. The van der Waals surface area contributed by atoms with Crippen LogP contribution in [0.1, 0.15) is 18.9 Å². The van der Waals surface area contributed by atoms with E-state index in [0.717, 1.165) is 5.56 Å². The molecule has 0 heterocycles. The van der Waals surface area contributed by atoms with Gasteiger partial charge in [-0.05, 0) is 31.0 Å². The van der Waals surface area contributed by atoms with Crippen LogP contribution >= 0.6 is 0 Å². The zero-order valence-corrected chi connectivity index (χ0v) is 10.6. The molecule has 0 aliphatic heterocycles. The molecule has 104 valence electrons.